The number of aliphatic hydroxyl groups excluding tert-OH is 1. The topological polar surface area (TPSA) is 52.6 Å². The maximum absolute atomic E-state index is 12.9. The second-order valence-corrected chi connectivity index (χ2v) is 6.13. The van der Waals surface area contributed by atoms with Gasteiger partial charge in [-0.15, -0.1) is 0 Å². The molecule has 0 aromatic heterocycles. The standard InChI is InChI=1S/C17H24N2O2/c20-11-8-13-4-3-10-19(12-13)17(21)15-5-1-7-16-14(15)6-2-9-18-16/h1,5,7,13,18,20H,2-4,6,8-12H2. The third kappa shape index (κ3) is 3.05. The summed E-state index contributed by atoms with van der Waals surface area (Å²) in [5.41, 5.74) is 3.17. The molecule has 2 aliphatic heterocycles. The molecule has 0 saturated carbocycles. The molecule has 4 nitrogen and oxygen atoms in total. The highest BCUT2D eigenvalue weighted by Crippen LogP contribution is 2.28. The quantitative estimate of drug-likeness (QED) is 0.897. The molecule has 0 bridgehead atoms. The number of rotatable bonds is 3. The first-order valence-electron chi connectivity index (χ1n) is 8.05. The molecule has 4 heteroatoms. The van der Waals surface area contributed by atoms with Crippen molar-refractivity contribution in [3.8, 4) is 0 Å². The molecule has 1 aromatic rings. The van der Waals surface area contributed by atoms with Gasteiger partial charge in [0.15, 0.2) is 0 Å². The van der Waals surface area contributed by atoms with Crippen molar-refractivity contribution in [1.82, 2.24) is 4.90 Å². The zero-order valence-electron chi connectivity index (χ0n) is 12.5. The molecule has 0 spiro atoms. The Balaban J connectivity index is 1.79. The van der Waals surface area contributed by atoms with Crippen molar-refractivity contribution in [1.29, 1.82) is 0 Å². The van der Waals surface area contributed by atoms with Crippen LogP contribution in [0.3, 0.4) is 0 Å². The summed E-state index contributed by atoms with van der Waals surface area (Å²) in [6.45, 7) is 2.85. The van der Waals surface area contributed by atoms with Crippen molar-refractivity contribution in [3.63, 3.8) is 0 Å². The van der Waals surface area contributed by atoms with Gasteiger partial charge in [0.25, 0.3) is 5.91 Å². The molecule has 1 unspecified atom stereocenters. The van der Waals surface area contributed by atoms with E-state index in [1.165, 1.54) is 5.56 Å². The van der Waals surface area contributed by atoms with Gasteiger partial charge in [-0.1, -0.05) is 6.07 Å². The van der Waals surface area contributed by atoms with Crippen LogP contribution in [-0.2, 0) is 6.42 Å². The number of carbonyl (C=O) groups is 1. The number of benzene rings is 1. The fourth-order valence-electron chi connectivity index (χ4n) is 3.55. The van der Waals surface area contributed by atoms with Gasteiger partial charge in [0, 0.05) is 37.5 Å². The normalized spacial score (nSPS) is 21.6. The molecule has 2 heterocycles. The molecule has 1 amide bonds. The maximum Gasteiger partial charge on any atom is 0.254 e. The largest absolute Gasteiger partial charge is 0.396 e. The van der Waals surface area contributed by atoms with Crippen LogP contribution in [0.1, 0.15) is 41.6 Å². The number of nitrogens with zero attached hydrogens (tertiary/aromatic N) is 1. The maximum atomic E-state index is 12.9. The number of hydrogen-bond acceptors (Lipinski definition) is 3. The molecule has 114 valence electrons. The fourth-order valence-corrected chi connectivity index (χ4v) is 3.55. The van der Waals surface area contributed by atoms with Crippen LogP contribution in [0.15, 0.2) is 18.2 Å². The molecule has 1 aromatic carbocycles. The third-order valence-electron chi connectivity index (χ3n) is 4.67. The van der Waals surface area contributed by atoms with Crippen molar-refractivity contribution >= 4 is 11.6 Å². The van der Waals surface area contributed by atoms with E-state index in [2.05, 4.69) is 11.4 Å². The monoisotopic (exact) mass is 288 g/mol. The highest BCUT2D eigenvalue weighted by atomic mass is 16.3. The van der Waals surface area contributed by atoms with Crippen molar-refractivity contribution < 1.29 is 9.90 Å². The first kappa shape index (κ1) is 14.4. The molecule has 1 fully saturated rings. The minimum Gasteiger partial charge on any atom is -0.396 e. The molecule has 1 saturated heterocycles. The number of likely N-dealkylation sites (tertiary alicyclic amines) is 1. The Morgan fingerprint density at radius 3 is 3.14 bits per heavy atom. The predicted octanol–water partition coefficient (Wildman–Crippen LogP) is 2.28. The van der Waals surface area contributed by atoms with E-state index >= 15 is 0 Å². The molecule has 1 atom stereocenters. The van der Waals surface area contributed by atoms with E-state index in [9.17, 15) is 4.79 Å². The van der Waals surface area contributed by atoms with Gasteiger partial charge < -0.3 is 15.3 Å². The van der Waals surface area contributed by atoms with Crippen molar-refractivity contribution in [2.45, 2.75) is 32.1 Å². The summed E-state index contributed by atoms with van der Waals surface area (Å²) in [5, 5.41) is 12.5. The van der Waals surface area contributed by atoms with E-state index in [1.807, 2.05) is 17.0 Å². The summed E-state index contributed by atoms with van der Waals surface area (Å²) in [4.78, 5) is 14.8. The lowest BCUT2D eigenvalue weighted by Gasteiger charge is -2.33. The number of carbonyl (C=O) groups excluding carboxylic acids is 1. The number of anilines is 1. The highest BCUT2D eigenvalue weighted by molar-refractivity contribution is 5.97. The third-order valence-corrected chi connectivity index (χ3v) is 4.67. The Labute approximate surface area is 126 Å². The van der Waals surface area contributed by atoms with Gasteiger partial charge in [-0.3, -0.25) is 4.79 Å². The molecule has 0 aliphatic carbocycles. The van der Waals surface area contributed by atoms with Gasteiger partial charge in [0.2, 0.25) is 0 Å². The SMILES string of the molecule is O=C(c1cccc2c1CCCN2)N1CCCC(CCO)C1. The molecule has 2 N–H and O–H groups in total. The second kappa shape index (κ2) is 6.48. The lowest BCUT2D eigenvalue weighted by molar-refractivity contribution is 0.0652. The smallest absolute Gasteiger partial charge is 0.254 e. The first-order valence-corrected chi connectivity index (χ1v) is 8.05. The van der Waals surface area contributed by atoms with E-state index in [-0.39, 0.29) is 12.5 Å². The average molecular weight is 288 g/mol. The van der Waals surface area contributed by atoms with E-state index in [4.69, 9.17) is 5.11 Å². The van der Waals surface area contributed by atoms with Gasteiger partial charge in [-0.05, 0) is 55.7 Å². The Morgan fingerprint density at radius 1 is 1.38 bits per heavy atom. The number of aliphatic hydroxyl groups is 1. The van der Waals surface area contributed by atoms with Gasteiger partial charge in [0.05, 0.1) is 0 Å². The van der Waals surface area contributed by atoms with Crippen LogP contribution in [-0.4, -0.2) is 42.2 Å². The number of nitrogens with one attached hydrogen (secondary N) is 1. The summed E-state index contributed by atoms with van der Waals surface area (Å²) in [5.74, 6) is 0.614. The number of piperidine rings is 1. The summed E-state index contributed by atoms with van der Waals surface area (Å²) >= 11 is 0. The van der Waals surface area contributed by atoms with Crippen molar-refractivity contribution in [2.24, 2.45) is 5.92 Å². The van der Waals surface area contributed by atoms with Crippen LogP contribution in [0, 0.1) is 5.92 Å². The minimum absolute atomic E-state index is 0.165. The number of hydrogen-bond donors (Lipinski definition) is 2. The van der Waals surface area contributed by atoms with Crippen LogP contribution in [0.2, 0.25) is 0 Å². The number of amides is 1. The summed E-state index contributed by atoms with van der Waals surface area (Å²) in [7, 11) is 0. The van der Waals surface area contributed by atoms with Crippen LogP contribution in [0.5, 0.6) is 0 Å². The Morgan fingerprint density at radius 2 is 2.29 bits per heavy atom. The van der Waals surface area contributed by atoms with E-state index in [1.54, 1.807) is 0 Å². The van der Waals surface area contributed by atoms with Gasteiger partial charge in [0.1, 0.15) is 0 Å². The predicted molar refractivity (Wildman–Crippen MR) is 83.6 cm³/mol. The molecule has 0 radical (unpaired) electrons. The summed E-state index contributed by atoms with van der Waals surface area (Å²) < 4.78 is 0. The first-order chi connectivity index (χ1) is 10.3. The van der Waals surface area contributed by atoms with Crippen LogP contribution in [0.25, 0.3) is 0 Å². The Bertz CT molecular complexity index is 514. The molecule has 3 rings (SSSR count). The lowest BCUT2D eigenvalue weighted by atomic mass is 9.93. The van der Waals surface area contributed by atoms with E-state index < -0.39 is 0 Å². The summed E-state index contributed by atoms with van der Waals surface area (Å²) in [6, 6.07) is 6.00. The van der Waals surface area contributed by atoms with E-state index in [0.29, 0.717) is 5.92 Å². The fraction of sp³-hybridized carbons (Fsp3) is 0.588. The molecular weight excluding hydrogens is 264 g/mol. The Kier molecular flexibility index (Phi) is 4.44. The van der Waals surface area contributed by atoms with Crippen molar-refractivity contribution in [3.05, 3.63) is 29.3 Å². The summed E-state index contributed by atoms with van der Waals surface area (Å²) in [6.07, 6.45) is 5.04. The van der Waals surface area contributed by atoms with Crippen molar-refractivity contribution in [2.75, 3.05) is 31.6 Å². The van der Waals surface area contributed by atoms with Crippen LogP contribution >= 0.6 is 0 Å². The highest BCUT2D eigenvalue weighted by Gasteiger charge is 2.26. The van der Waals surface area contributed by atoms with Gasteiger partial charge >= 0.3 is 0 Å². The number of fused-ring (bicyclic) bond motifs is 1. The lowest BCUT2D eigenvalue weighted by Crippen LogP contribution is -2.40. The zero-order chi connectivity index (χ0) is 14.7. The molecule has 2 aliphatic rings. The second-order valence-electron chi connectivity index (χ2n) is 6.13. The van der Waals surface area contributed by atoms with Gasteiger partial charge in [-0.25, -0.2) is 0 Å². The van der Waals surface area contributed by atoms with Crippen LogP contribution < -0.4 is 5.32 Å². The molecule has 21 heavy (non-hydrogen) atoms. The zero-order valence-corrected chi connectivity index (χ0v) is 12.5. The molecular formula is C17H24N2O2. The van der Waals surface area contributed by atoms with Crippen LogP contribution in [0.4, 0.5) is 5.69 Å². The van der Waals surface area contributed by atoms with E-state index in [0.717, 1.165) is 63.0 Å². The minimum atomic E-state index is 0.165. The average Bonchev–Trinajstić information content (AvgIpc) is 2.54. The Hall–Kier alpha value is -1.55. The van der Waals surface area contributed by atoms with Gasteiger partial charge in [-0.2, -0.15) is 0 Å².